The fourth-order valence-electron chi connectivity index (χ4n) is 1.80. The molecule has 0 amide bonds. The first-order chi connectivity index (χ1) is 10.1. The molecular weight excluding hydrogens is 332 g/mol. The number of nitrogens with zero attached hydrogens (tertiary/aromatic N) is 3. The molecule has 2 rings (SSSR count). The summed E-state index contributed by atoms with van der Waals surface area (Å²) in [6.45, 7) is 4.71. The van der Waals surface area contributed by atoms with Gasteiger partial charge in [-0.1, -0.05) is 29.3 Å². The highest BCUT2D eigenvalue weighted by Gasteiger charge is 2.04. The monoisotopic (exact) mass is 350 g/mol. The summed E-state index contributed by atoms with van der Waals surface area (Å²) in [5, 5.41) is 4.33. The van der Waals surface area contributed by atoms with E-state index >= 15 is 0 Å². The van der Waals surface area contributed by atoms with Gasteiger partial charge in [0.25, 0.3) is 0 Å². The van der Waals surface area contributed by atoms with E-state index in [9.17, 15) is 0 Å². The highest BCUT2D eigenvalue weighted by molar-refractivity contribution is 9.10. The number of hydrogen-bond donors (Lipinski definition) is 1. The minimum absolute atomic E-state index is 0.368. The zero-order chi connectivity index (χ0) is 15.2. The second kappa shape index (κ2) is 7.26. The van der Waals surface area contributed by atoms with Crippen molar-refractivity contribution in [3.8, 4) is 5.75 Å². The number of halogens is 1. The van der Waals surface area contributed by atoms with Crippen LogP contribution < -0.4 is 10.5 Å². The number of hydrogen-bond acceptors (Lipinski definition) is 4. The molecule has 112 valence electrons. The Bertz CT molecular complexity index is 637. The molecule has 6 heteroatoms. The van der Waals surface area contributed by atoms with Gasteiger partial charge >= 0.3 is 0 Å². The van der Waals surface area contributed by atoms with Crippen molar-refractivity contribution in [2.75, 3.05) is 12.3 Å². The molecule has 5 nitrogen and oxygen atoms in total. The molecule has 0 unspecified atom stereocenters. The first kappa shape index (κ1) is 15.6. The van der Waals surface area contributed by atoms with Crippen molar-refractivity contribution in [2.45, 2.75) is 26.7 Å². The molecule has 1 aromatic carbocycles. The van der Waals surface area contributed by atoms with Gasteiger partial charge < -0.3 is 10.5 Å². The SMILES string of the molecule is CCCCOc1ccc(Br)cc1C=Nn1cc(C)nc1N. The minimum atomic E-state index is 0.368. The Balaban J connectivity index is 2.21. The number of nitrogens with two attached hydrogens (primary N) is 1. The van der Waals surface area contributed by atoms with Crippen molar-refractivity contribution in [2.24, 2.45) is 5.10 Å². The van der Waals surface area contributed by atoms with Crippen LogP contribution in [0.25, 0.3) is 0 Å². The van der Waals surface area contributed by atoms with Gasteiger partial charge in [-0.05, 0) is 31.5 Å². The lowest BCUT2D eigenvalue weighted by Gasteiger charge is -2.09. The van der Waals surface area contributed by atoms with Crippen molar-refractivity contribution in [1.82, 2.24) is 9.66 Å². The third-order valence-corrected chi connectivity index (χ3v) is 3.38. The van der Waals surface area contributed by atoms with Crippen LogP contribution in [0.3, 0.4) is 0 Å². The van der Waals surface area contributed by atoms with Crippen molar-refractivity contribution >= 4 is 28.1 Å². The summed E-state index contributed by atoms with van der Waals surface area (Å²) >= 11 is 3.46. The number of nitrogen functional groups attached to an aromatic ring is 1. The Kier molecular flexibility index (Phi) is 5.38. The van der Waals surface area contributed by atoms with Crippen LogP contribution in [0.1, 0.15) is 31.0 Å². The molecule has 1 heterocycles. The summed E-state index contributed by atoms with van der Waals surface area (Å²) in [6, 6.07) is 5.85. The maximum Gasteiger partial charge on any atom is 0.221 e. The Labute approximate surface area is 133 Å². The van der Waals surface area contributed by atoms with E-state index in [1.165, 1.54) is 0 Å². The van der Waals surface area contributed by atoms with Crippen LogP contribution in [0, 0.1) is 6.92 Å². The molecule has 0 radical (unpaired) electrons. The van der Waals surface area contributed by atoms with Crippen molar-refractivity contribution in [3.63, 3.8) is 0 Å². The number of rotatable bonds is 6. The van der Waals surface area contributed by atoms with Gasteiger partial charge in [0.2, 0.25) is 5.95 Å². The summed E-state index contributed by atoms with van der Waals surface area (Å²) in [7, 11) is 0. The maximum atomic E-state index is 5.79. The molecular formula is C15H19BrN4O. The lowest BCUT2D eigenvalue weighted by molar-refractivity contribution is 0.309. The molecule has 0 aliphatic rings. The second-order valence-electron chi connectivity index (χ2n) is 4.71. The Morgan fingerprint density at radius 2 is 2.29 bits per heavy atom. The van der Waals surface area contributed by atoms with Gasteiger partial charge in [0.05, 0.1) is 24.7 Å². The second-order valence-corrected chi connectivity index (χ2v) is 5.63. The van der Waals surface area contributed by atoms with Crippen LogP contribution in [0.15, 0.2) is 34.0 Å². The minimum Gasteiger partial charge on any atom is -0.493 e. The van der Waals surface area contributed by atoms with Crippen LogP contribution in [0.5, 0.6) is 5.75 Å². The smallest absolute Gasteiger partial charge is 0.221 e. The summed E-state index contributed by atoms with van der Waals surface area (Å²) in [6.07, 6.45) is 5.63. The number of benzene rings is 1. The highest BCUT2D eigenvalue weighted by atomic mass is 79.9. The molecule has 21 heavy (non-hydrogen) atoms. The standard InChI is InChI=1S/C15H19BrN4O/c1-3-4-7-21-14-6-5-13(16)8-12(14)9-18-20-10-11(2)19-15(20)17/h5-6,8-10H,3-4,7H2,1-2H3,(H2,17,19). The fraction of sp³-hybridized carbons (Fsp3) is 0.333. The van der Waals surface area contributed by atoms with Gasteiger partial charge in [0, 0.05) is 10.0 Å². The van der Waals surface area contributed by atoms with Crippen LogP contribution in [0.2, 0.25) is 0 Å². The van der Waals surface area contributed by atoms with Gasteiger partial charge in [-0.15, -0.1) is 0 Å². The predicted octanol–water partition coefficient (Wildman–Crippen LogP) is 3.60. The van der Waals surface area contributed by atoms with Gasteiger partial charge in [-0.2, -0.15) is 5.10 Å². The summed E-state index contributed by atoms with van der Waals surface area (Å²) in [5.41, 5.74) is 7.50. The average Bonchev–Trinajstić information content (AvgIpc) is 2.77. The van der Waals surface area contributed by atoms with Gasteiger partial charge in [-0.3, -0.25) is 0 Å². The Morgan fingerprint density at radius 3 is 2.95 bits per heavy atom. The molecule has 0 aliphatic heterocycles. The molecule has 0 saturated heterocycles. The van der Waals surface area contributed by atoms with Gasteiger partial charge in [0.1, 0.15) is 5.75 Å². The lowest BCUT2D eigenvalue weighted by Crippen LogP contribution is -2.01. The van der Waals surface area contributed by atoms with E-state index in [-0.39, 0.29) is 0 Å². The summed E-state index contributed by atoms with van der Waals surface area (Å²) < 4.78 is 8.31. The third-order valence-electron chi connectivity index (χ3n) is 2.88. The quantitative estimate of drug-likeness (QED) is 0.639. The van der Waals surface area contributed by atoms with E-state index in [0.29, 0.717) is 12.6 Å². The number of aromatic nitrogens is 2. The maximum absolute atomic E-state index is 5.79. The Morgan fingerprint density at radius 1 is 1.48 bits per heavy atom. The topological polar surface area (TPSA) is 65.4 Å². The van der Waals surface area contributed by atoms with E-state index in [1.54, 1.807) is 17.1 Å². The zero-order valence-electron chi connectivity index (χ0n) is 12.2. The summed E-state index contributed by atoms with van der Waals surface area (Å²) in [4.78, 5) is 4.11. The first-order valence-corrected chi connectivity index (χ1v) is 7.67. The molecule has 0 aliphatic carbocycles. The van der Waals surface area contributed by atoms with Crippen molar-refractivity contribution < 1.29 is 4.74 Å². The largest absolute Gasteiger partial charge is 0.493 e. The van der Waals surface area contributed by atoms with E-state index in [0.717, 1.165) is 34.3 Å². The number of anilines is 1. The van der Waals surface area contributed by atoms with Crippen LogP contribution in [0.4, 0.5) is 5.95 Å². The highest BCUT2D eigenvalue weighted by Crippen LogP contribution is 2.22. The first-order valence-electron chi connectivity index (χ1n) is 6.88. The number of aryl methyl sites for hydroxylation is 1. The molecule has 0 bridgehead atoms. The molecule has 0 atom stereocenters. The molecule has 1 aromatic heterocycles. The van der Waals surface area contributed by atoms with Gasteiger partial charge in [0.15, 0.2) is 0 Å². The average molecular weight is 351 g/mol. The van der Waals surface area contributed by atoms with E-state index in [2.05, 4.69) is 32.9 Å². The van der Waals surface area contributed by atoms with Gasteiger partial charge in [-0.25, -0.2) is 9.66 Å². The predicted molar refractivity (Wildman–Crippen MR) is 88.9 cm³/mol. The third kappa shape index (κ3) is 4.32. The van der Waals surface area contributed by atoms with E-state index in [1.807, 2.05) is 25.1 Å². The van der Waals surface area contributed by atoms with E-state index in [4.69, 9.17) is 10.5 Å². The zero-order valence-corrected chi connectivity index (χ0v) is 13.8. The molecule has 0 spiro atoms. The lowest BCUT2D eigenvalue weighted by atomic mass is 10.2. The van der Waals surface area contributed by atoms with E-state index < -0.39 is 0 Å². The number of unbranched alkanes of at least 4 members (excludes halogenated alkanes) is 1. The molecule has 2 N–H and O–H groups in total. The Hall–Kier alpha value is -1.82. The van der Waals surface area contributed by atoms with Crippen LogP contribution in [-0.2, 0) is 0 Å². The summed E-state index contributed by atoms with van der Waals surface area (Å²) in [5.74, 6) is 1.18. The molecule has 0 fully saturated rings. The normalized spacial score (nSPS) is 11.2. The number of ether oxygens (including phenoxy) is 1. The molecule has 0 saturated carbocycles. The fourth-order valence-corrected chi connectivity index (χ4v) is 2.18. The number of imidazole rings is 1. The van der Waals surface area contributed by atoms with Crippen LogP contribution in [-0.4, -0.2) is 22.5 Å². The molecule has 2 aromatic rings. The van der Waals surface area contributed by atoms with Crippen molar-refractivity contribution in [3.05, 3.63) is 40.1 Å². The van der Waals surface area contributed by atoms with Crippen molar-refractivity contribution in [1.29, 1.82) is 0 Å². The van der Waals surface area contributed by atoms with Crippen LogP contribution >= 0.6 is 15.9 Å².